The average Bonchev–Trinajstić information content (AvgIpc) is 2.73. The SMILES string of the molecule is [CH2][C@@H](C)/C=C1\CN2CCC[C@H]2[C@@](C)(O[Si](C)(C)C(C)(C)C)C1. The molecule has 2 heterocycles. The van der Waals surface area contributed by atoms with Crippen LogP contribution < -0.4 is 0 Å². The van der Waals surface area contributed by atoms with Gasteiger partial charge in [-0.3, -0.25) is 4.90 Å². The molecular weight excluding hydrogens is 286 g/mol. The standard InChI is InChI=1S/C19H36NOSi/c1-15(2)12-16-13-19(6,17-10-9-11-20(17)14-16)21-22(7,8)18(3,4)5/h12,15,17H,1,9-11,13-14H2,2-8H3/b16-12-/t15-,17-,19-/m0/s1. The summed E-state index contributed by atoms with van der Waals surface area (Å²) >= 11 is 0. The van der Waals surface area contributed by atoms with Gasteiger partial charge in [-0.15, -0.1) is 0 Å². The van der Waals surface area contributed by atoms with Crippen LogP contribution in [0.25, 0.3) is 0 Å². The highest BCUT2D eigenvalue weighted by molar-refractivity contribution is 6.74. The van der Waals surface area contributed by atoms with E-state index in [1.807, 2.05) is 0 Å². The molecule has 3 atom stereocenters. The second kappa shape index (κ2) is 6.07. The van der Waals surface area contributed by atoms with Gasteiger partial charge >= 0.3 is 0 Å². The van der Waals surface area contributed by atoms with Crippen molar-refractivity contribution in [3.05, 3.63) is 18.6 Å². The lowest BCUT2D eigenvalue weighted by Crippen LogP contribution is -2.59. The Morgan fingerprint density at radius 3 is 2.59 bits per heavy atom. The van der Waals surface area contributed by atoms with Gasteiger partial charge in [0.2, 0.25) is 0 Å². The maximum atomic E-state index is 6.99. The predicted octanol–water partition coefficient (Wildman–Crippen LogP) is 5.03. The van der Waals surface area contributed by atoms with Gasteiger partial charge in [0.15, 0.2) is 8.32 Å². The van der Waals surface area contributed by atoms with Gasteiger partial charge in [0, 0.05) is 12.6 Å². The Kier molecular flexibility index (Phi) is 5.02. The Balaban J connectivity index is 2.28. The average molecular weight is 323 g/mol. The molecule has 2 aliphatic heterocycles. The summed E-state index contributed by atoms with van der Waals surface area (Å²) in [6, 6.07) is 0.596. The molecule has 0 amide bonds. The third kappa shape index (κ3) is 3.68. The minimum atomic E-state index is -1.76. The van der Waals surface area contributed by atoms with Crippen molar-refractivity contribution in [2.75, 3.05) is 13.1 Å². The molecule has 22 heavy (non-hydrogen) atoms. The summed E-state index contributed by atoms with van der Waals surface area (Å²) in [7, 11) is -1.76. The highest BCUT2D eigenvalue weighted by atomic mass is 28.4. The van der Waals surface area contributed by atoms with Gasteiger partial charge in [-0.1, -0.05) is 39.3 Å². The maximum Gasteiger partial charge on any atom is 0.192 e. The molecule has 0 unspecified atom stereocenters. The van der Waals surface area contributed by atoms with E-state index < -0.39 is 8.32 Å². The molecule has 0 saturated carbocycles. The van der Waals surface area contributed by atoms with Crippen molar-refractivity contribution in [2.24, 2.45) is 5.92 Å². The summed E-state index contributed by atoms with van der Waals surface area (Å²) in [4.78, 5) is 2.66. The Morgan fingerprint density at radius 2 is 2.05 bits per heavy atom. The first kappa shape index (κ1) is 18.2. The zero-order valence-electron chi connectivity index (χ0n) is 15.8. The van der Waals surface area contributed by atoms with Crippen LogP contribution in [0.4, 0.5) is 0 Å². The lowest BCUT2D eigenvalue weighted by molar-refractivity contribution is -0.0220. The van der Waals surface area contributed by atoms with Crippen LogP contribution in [0.1, 0.15) is 53.9 Å². The van der Waals surface area contributed by atoms with Crippen LogP contribution in [-0.2, 0) is 4.43 Å². The van der Waals surface area contributed by atoms with E-state index in [0.29, 0.717) is 12.0 Å². The van der Waals surface area contributed by atoms with Crippen LogP contribution in [0.3, 0.4) is 0 Å². The van der Waals surface area contributed by atoms with Crippen molar-refractivity contribution in [1.29, 1.82) is 0 Å². The zero-order chi connectivity index (χ0) is 16.8. The number of rotatable bonds is 3. The van der Waals surface area contributed by atoms with Crippen LogP contribution in [0.2, 0.25) is 18.1 Å². The summed E-state index contributed by atoms with van der Waals surface area (Å²) in [6.07, 6.45) is 6.05. The predicted molar refractivity (Wildman–Crippen MR) is 98.5 cm³/mol. The van der Waals surface area contributed by atoms with Gasteiger partial charge in [0.25, 0.3) is 0 Å². The van der Waals surface area contributed by atoms with Gasteiger partial charge < -0.3 is 4.43 Å². The molecule has 2 nitrogen and oxygen atoms in total. The van der Waals surface area contributed by atoms with E-state index in [2.05, 4.69) is 65.6 Å². The van der Waals surface area contributed by atoms with Crippen molar-refractivity contribution >= 4 is 8.32 Å². The molecule has 3 heteroatoms. The number of piperidine rings is 1. The van der Waals surface area contributed by atoms with E-state index in [1.54, 1.807) is 0 Å². The van der Waals surface area contributed by atoms with Gasteiger partial charge in [-0.2, -0.15) is 0 Å². The van der Waals surface area contributed by atoms with Crippen LogP contribution in [0.5, 0.6) is 0 Å². The van der Waals surface area contributed by atoms with Gasteiger partial charge in [-0.25, -0.2) is 0 Å². The Labute approximate surface area is 139 Å². The van der Waals surface area contributed by atoms with Crippen molar-refractivity contribution in [2.45, 2.75) is 83.7 Å². The molecule has 0 aromatic rings. The van der Waals surface area contributed by atoms with Gasteiger partial charge in [-0.05, 0) is 63.7 Å². The van der Waals surface area contributed by atoms with Gasteiger partial charge in [0.05, 0.1) is 5.60 Å². The van der Waals surface area contributed by atoms with Crippen molar-refractivity contribution in [3.8, 4) is 0 Å². The van der Waals surface area contributed by atoms with Crippen molar-refractivity contribution in [3.63, 3.8) is 0 Å². The fourth-order valence-electron chi connectivity index (χ4n) is 3.95. The third-order valence-electron chi connectivity index (χ3n) is 5.87. The summed E-state index contributed by atoms with van der Waals surface area (Å²) in [5, 5.41) is 0.264. The highest BCUT2D eigenvalue weighted by Crippen LogP contribution is 2.46. The van der Waals surface area contributed by atoms with E-state index in [0.717, 1.165) is 13.0 Å². The largest absolute Gasteiger partial charge is 0.410 e. The van der Waals surface area contributed by atoms with Crippen LogP contribution in [0, 0.1) is 12.8 Å². The van der Waals surface area contributed by atoms with Crippen LogP contribution >= 0.6 is 0 Å². The second-order valence-corrected chi connectivity index (χ2v) is 14.0. The van der Waals surface area contributed by atoms with E-state index in [-0.39, 0.29) is 10.6 Å². The fourth-order valence-corrected chi connectivity index (χ4v) is 5.63. The maximum absolute atomic E-state index is 6.99. The fraction of sp³-hybridized carbons (Fsp3) is 0.842. The smallest absolute Gasteiger partial charge is 0.192 e. The van der Waals surface area contributed by atoms with E-state index in [1.165, 1.54) is 25.0 Å². The topological polar surface area (TPSA) is 12.5 Å². The molecule has 0 aliphatic carbocycles. The first-order valence-electron chi connectivity index (χ1n) is 8.91. The van der Waals surface area contributed by atoms with E-state index in [4.69, 9.17) is 4.43 Å². The molecular formula is C19H36NOSi. The molecule has 2 fully saturated rings. The quantitative estimate of drug-likeness (QED) is 0.533. The molecule has 0 N–H and O–H groups in total. The Hall–Kier alpha value is -0.123. The lowest BCUT2D eigenvalue weighted by Gasteiger charge is -2.52. The molecule has 2 rings (SSSR count). The van der Waals surface area contributed by atoms with E-state index >= 15 is 0 Å². The lowest BCUT2D eigenvalue weighted by atomic mass is 9.83. The number of nitrogens with zero attached hydrogens (tertiary/aromatic N) is 1. The molecule has 2 saturated heterocycles. The second-order valence-electron chi connectivity index (χ2n) is 9.28. The zero-order valence-corrected chi connectivity index (χ0v) is 16.8. The summed E-state index contributed by atoms with van der Waals surface area (Å²) in [5.41, 5.74) is 1.50. The molecule has 0 aromatic carbocycles. The van der Waals surface area contributed by atoms with Crippen LogP contribution in [-0.4, -0.2) is 37.9 Å². The first-order chi connectivity index (χ1) is 9.95. The van der Waals surface area contributed by atoms with Gasteiger partial charge in [0.1, 0.15) is 0 Å². The minimum absolute atomic E-state index is 0.0293. The molecule has 0 spiro atoms. The van der Waals surface area contributed by atoms with E-state index in [9.17, 15) is 0 Å². The molecule has 0 aromatic heterocycles. The molecule has 127 valence electrons. The normalized spacial score (nSPS) is 32.8. The number of allylic oxidation sites excluding steroid dienone is 1. The minimum Gasteiger partial charge on any atom is -0.410 e. The third-order valence-corrected chi connectivity index (χ3v) is 10.5. The highest BCUT2D eigenvalue weighted by Gasteiger charge is 2.50. The Bertz CT molecular complexity index is 435. The van der Waals surface area contributed by atoms with Crippen molar-refractivity contribution < 1.29 is 4.43 Å². The first-order valence-corrected chi connectivity index (χ1v) is 11.8. The summed E-state index contributed by atoms with van der Waals surface area (Å²) in [5.74, 6) is 0.381. The van der Waals surface area contributed by atoms with Crippen LogP contribution in [0.15, 0.2) is 11.6 Å². The molecule has 1 radical (unpaired) electrons. The summed E-state index contributed by atoms with van der Waals surface area (Å²) < 4.78 is 6.99. The molecule has 2 aliphatic rings. The summed E-state index contributed by atoms with van der Waals surface area (Å²) in [6.45, 7) is 22.8. The molecule has 0 bridgehead atoms. The Morgan fingerprint density at radius 1 is 1.41 bits per heavy atom. The van der Waals surface area contributed by atoms with Crippen molar-refractivity contribution in [1.82, 2.24) is 4.90 Å². The monoisotopic (exact) mass is 322 g/mol. The number of fused-ring (bicyclic) bond motifs is 1. The number of hydrogen-bond acceptors (Lipinski definition) is 2. The number of hydrogen-bond donors (Lipinski definition) is 0.